The molecule has 1 amide bonds. The number of carbonyl (C=O) groups excluding carboxylic acids is 1. The van der Waals surface area contributed by atoms with Gasteiger partial charge in [0.05, 0.1) is 5.88 Å². The van der Waals surface area contributed by atoms with Crippen LogP contribution in [0.15, 0.2) is 22.9 Å². The van der Waals surface area contributed by atoms with E-state index in [-0.39, 0.29) is 11.4 Å². The molecule has 1 atom stereocenters. The Morgan fingerprint density at radius 1 is 1.60 bits per heavy atom. The van der Waals surface area contributed by atoms with Crippen LogP contribution < -0.4 is 0 Å². The van der Waals surface area contributed by atoms with Crippen molar-refractivity contribution in [3.63, 3.8) is 0 Å². The zero-order chi connectivity index (χ0) is 11.0. The fourth-order valence-electron chi connectivity index (χ4n) is 1.82. The molecule has 0 N–H and O–H groups in total. The van der Waals surface area contributed by atoms with Gasteiger partial charge in [-0.05, 0) is 13.8 Å². The number of alkyl halides is 1. The number of thioether (sulfide) groups is 1. The van der Waals surface area contributed by atoms with Gasteiger partial charge >= 0.3 is 0 Å². The van der Waals surface area contributed by atoms with Crippen LogP contribution in [-0.4, -0.2) is 33.6 Å². The van der Waals surface area contributed by atoms with E-state index in [0.717, 1.165) is 17.1 Å². The molecule has 0 aromatic carbocycles. The summed E-state index contributed by atoms with van der Waals surface area (Å²) >= 11 is 7.54. The fourth-order valence-corrected chi connectivity index (χ4v) is 3.24. The number of fused-ring (bicyclic) bond motifs is 1. The topological polar surface area (TPSA) is 23.6 Å². The molecule has 2 aliphatic rings. The SMILES string of the molecule is CCN1C(CCl)=CC(=O)N2C=C(C)SC21. The maximum atomic E-state index is 11.8. The molecular weight excluding hydrogens is 232 g/mol. The number of hydrogen-bond donors (Lipinski definition) is 0. The highest BCUT2D eigenvalue weighted by molar-refractivity contribution is 8.03. The van der Waals surface area contributed by atoms with Gasteiger partial charge in [-0.3, -0.25) is 9.69 Å². The largest absolute Gasteiger partial charge is 0.344 e. The number of carbonyl (C=O) groups is 1. The van der Waals surface area contributed by atoms with Crippen LogP contribution in [0.3, 0.4) is 0 Å². The van der Waals surface area contributed by atoms with E-state index in [0.29, 0.717) is 5.88 Å². The molecule has 0 radical (unpaired) electrons. The smallest absolute Gasteiger partial charge is 0.254 e. The summed E-state index contributed by atoms with van der Waals surface area (Å²) in [7, 11) is 0. The lowest BCUT2D eigenvalue weighted by atomic mass is 10.3. The lowest BCUT2D eigenvalue weighted by molar-refractivity contribution is -0.127. The lowest BCUT2D eigenvalue weighted by Crippen LogP contribution is -2.47. The van der Waals surface area contributed by atoms with Crippen molar-refractivity contribution in [1.29, 1.82) is 0 Å². The van der Waals surface area contributed by atoms with Gasteiger partial charge in [-0.25, -0.2) is 0 Å². The molecule has 2 rings (SSSR count). The van der Waals surface area contributed by atoms with Crippen molar-refractivity contribution < 1.29 is 4.79 Å². The Morgan fingerprint density at radius 3 is 2.93 bits per heavy atom. The van der Waals surface area contributed by atoms with Crippen LogP contribution in [0, 0.1) is 0 Å². The number of halogens is 1. The van der Waals surface area contributed by atoms with Gasteiger partial charge in [0.1, 0.15) is 0 Å². The summed E-state index contributed by atoms with van der Waals surface area (Å²) in [6.45, 7) is 4.95. The first-order valence-corrected chi connectivity index (χ1v) is 6.29. The van der Waals surface area contributed by atoms with Gasteiger partial charge in [-0.1, -0.05) is 11.8 Å². The Labute approximate surface area is 98.7 Å². The molecule has 0 spiro atoms. The number of rotatable bonds is 2. The number of hydrogen-bond acceptors (Lipinski definition) is 3. The molecule has 0 aromatic heterocycles. The lowest BCUT2D eigenvalue weighted by Gasteiger charge is -2.39. The molecule has 2 aliphatic heterocycles. The van der Waals surface area contributed by atoms with Gasteiger partial charge in [0.15, 0.2) is 5.50 Å². The molecule has 0 saturated carbocycles. The first-order valence-electron chi connectivity index (χ1n) is 4.88. The van der Waals surface area contributed by atoms with Crippen molar-refractivity contribution in [3.8, 4) is 0 Å². The second-order valence-corrected chi connectivity index (χ2v) is 5.05. The highest BCUT2D eigenvalue weighted by Gasteiger charge is 2.36. The third-order valence-corrected chi connectivity index (χ3v) is 3.95. The fraction of sp³-hybridized carbons (Fsp3) is 0.500. The van der Waals surface area contributed by atoms with Crippen molar-refractivity contribution in [2.24, 2.45) is 0 Å². The van der Waals surface area contributed by atoms with Gasteiger partial charge in [0.2, 0.25) is 0 Å². The second-order valence-electron chi connectivity index (χ2n) is 3.48. The van der Waals surface area contributed by atoms with E-state index < -0.39 is 0 Å². The minimum absolute atomic E-state index is 0.0321. The summed E-state index contributed by atoms with van der Waals surface area (Å²) in [5.41, 5.74) is 0.988. The summed E-state index contributed by atoms with van der Waals surface area (Å²) in [5.74, 6) is 0.425. The summed E-state index contributed by atoms with van der Waals surface area (Å²) in [6.07, 6.45) is 3.53. The number of allylic oxidation sites excluding steroid dienone is 2. The molecule has 1 unspecified atom stereocenters. The maximum Gasteiger partial charge on any atom is 0.254 e. The van der Waals surface area contributed by atoms with Crippen LogP contribution in [0.5, 0.6) is 0 Å². The summed E-state index contributed by atoms with van der Waals surface area (Å²) in [5, 5.41) is 0. The minimum Gasteiger partial charge on any atom is -0.344 e. The van der Waals surface area contributed by atoms with E-state index in [9.17, 15) is 4.79 Å². The molecule has 0 aliphatic carbocycles. The van der Waals surface area contributed by atoms with Gasteiger partial charge < -0.3 is 4.90 Å². The summed E-state index contributed by atoms with van der Waals surface area (Å²) < 4.78 is 0. The van der Waals surface area contributed by atoms with Crippen LogP contribution >= 0.6 is 23.4 Å². The van der Waals surface area contributed by atoms with Crippen LogP contribution in [0.1, 0.15) is 13.8 Å². The maximum absolute atomic E-state index is 11.8. The second kappa shape index (κ2) is 4.10. The Balaban J connectivity index is 2.32. The van der Waals surface area contributed by atoms with E-state index in [2.05, 4.69) is 11.8 Å². The van der Waals surface area contributed by atoms with E-state index in [1.54, 1.807) is 22.7 Å². The zero-order valence-electron chi connectivity index (χ0n) is 8.74. The van der Waals surface area contributed by atoms with Crippen LogP contribution in [0.25, 0.3) is 0 Å². The molecule has 5 heteroatoms. The molecule has 3 nitrogen and oxygen atoms in total. The minimum atomic E-state index is 0.0321. The zero-order valence-corrected chi connectivity index (χ0v) is 10.3. The van der Waals surface area contributed by atoms with E-state index in [4.69, 9.17) is 11.6 Å². The Morgan fingerprint density at radius 2 is 2.33 bits per heavy atom. The molecule has 0 saturated heterocycles. The van der Waals surface area contributed by atoms with Crippen molar-refractivity contribution in [1.82, 2.24) is 9.80 Å². The summed E-state index contributed by atoms with van der Waals surface area (Å²) in [4.78, 5) is 16.8. The van der Waals surface area contributed by atoms with Gasteiger partial charge in [0.25, 0.3) is 5.91 Å². The van der Waals surface area contributed by atoms with Crippen molar-refractivity contribution in [3.05, 3.63) is 22.9 Å². The average Bonchev–Trinajstić information content (AvgIpc) is 2.60. The predicted molar refractivity (Wildman–Crippen MR) is 63.2 cm³/mol. The van der Waals surface area contributed by atoms with Gasteiger partial charge in [0, 0.05) is 29.4 Å². The van der Waals surface area contributed by atoms with E-state index in [1.807, 2.05) is 13.1 Å². The molecule has 82 valence electrons. The van der Waals surface area contributed by atoms with Crippen molar-refractivity contribution >= 4 is 29.3 Å². The first-order chi connectivity index (χ1) is 7.17. The molecular formula is C10H13ClN2OS. The third-order valence-electron chi connectivity index (χ3n) is 2.51. The molecule has 2 heterocycles. The Kier molecular flexibility index (Phi) is 2.98. The quantitative estimate of drug-likeness (QED) is 0.696. The van der Waals surface area contributed by atoms with Crippen molar-refractivity contribution in [2.45, 2.75) is 19.3 Å². The standard InChI is InChI=1S/C10H13ClN2OS/c1-3-12-8(5-11)4-9(14)13-6-7(2)15-10(12)13/h4,6,10H,3,5H2,1-2H3. The highest BCUT2D eigenvalue weighted by Crippen LogP contribution is 2.38. The van der Waals surface area contributed by atoms with Gasteiger partial charge in [-0.2, -0.15) is 0 Å². The van der Waals surface area contributed by atoms with Gasteiger partial charge in [-0.15, -0.1) is 11.6 Å². The van der Waals surface area contributed by atoms with Crippen LogP contribution in [0.2, 0.25) is 0 Å². The normalized spacial score (nSPS) is 25.3. The number of amides is 1. The first kappa shape index (κ1) is 10.9. The average molecular weight is 245 g/mol. The van der Waals surface area contributed by atoms with Crippen molar-refractivity contribution in [2.75, 3.05) is 12.4 Å². The Hall–Kier alpha value is -0.610. The highest BCUT2D eigenvalue weighted by atomic mass is 35.5. The van der Waals surface area contributed by atoms with Crippen LogP contribution in [-0.2, 0) is 4.79 Å². The number of nitrogens with zero attached hydrogens (tertiary/aromatic N) is 2. The Bertz CT molecular complexity index is 353. The monoisotopic (exact) mass is 244 g/mol. The predicted octanol–water partition coefficient (Wildman–Crippen LogP) is 2.16. The molecule has 0 aromatic rings. The van der Waals surface area contributed by atoms with E-state index >= 15 is 0 Å². The molecule has 15 heavy (non-hydrogen) atoms. The van der Waals surface area contributed by atoms with E-state index in [1.165, 1.54) is 0 Å². The summed E-state index contributed by atoms with van der Waals surface area (Å²) in [6, 6.07) is 0. The molecule has 0 bridgehead atoms. The van der Waals surface area contributed by atoms with Crippen LogP contribution in [0.4, 0.5) is 0 Å². The molecule has 0 fully saturated rings. The third kappa shape index (κ3) is 1.76.